The number of hydrogen-bond donors (Lipinski definition) is 0. The van der Waals surface area contributed by atoms with Crippen LogP contribution in [0, 0.1) is 0 Å². The van der Waals surface area contributed by atoms with Crippen molar-refractivity contribution in [3.05, 3.63) is 222 Å². The van der Waals surface area contributed by atoms with Crippen LogP contribution in [0.15, 0.2) is 205 Å². The van der Waals surface area contributed by atoms with Gasteiger partial charge in [-0.3, -0.25) is 0 Å². The van der Waals surface area contributed by atoms with E-state index in [2.05, 4.69) is 193 Å². The number of fused-ring (bicyclic) bond motifs is 16. The van der Waals surface area contributed by atoms with Gasteiger partial charge in [0.15, 0.2) is 0 Å². The average Bonchev–Trinajstić information content (AvgIpc) is 3.99. The van der Waals surface area contributed by atoms with Gasteiger partial charge in [-0.15, -0.1) is 0 Å². The van der Waals surface area contributed by atoms with Gasteiger partial charge in [0.05, 0.1) is 16.4 Å². The molecule has 11 aromatic rings. The molecule has 13 rings (SSSR count). The number of benzene rings is 9. The van der Waals surface area contributed by atoms with Crippen molar-refractivity contribution >= 4 is 43.7 Å². The number of para-hydroxylation sites is 2. The molecule has 2 heteroatoms. The fourth-order valence-electron chi connectivity index (χ4n) is 10.4. The van der Waals surface area contributed by atoms with E-state index < -0.39 is 5.41 Å². The Morgan fingerprint density at radius 3 is 1.63 bits per heavy atom. The first kappa shape index (κ1) is 30.9. The number of furan rings is 1. The highest BCUT2D eigenvalue weighted by Gasteiger charge is 2.51. The standard InChI is InChI=1S/C55H33NO/c1-2-14-34(15-3-1)36-28-37(35-26-27-44-43-20-8-13-25-53(43)57-54(44)31-35)30-38(29-36)56-51-24-12-7-19-42(51)46-32-50-45(33-52(46)56)41-18-6-11-23-49(41)55(50)47-21-9-4-16-39(47)40-17-5-10-22-48(40)55/h1-33H. The molecule has 0 unspecified atom stereocenters. The molecule has 2 aliphatic carbocycles. The number of rotatable bonds is 3. The van der Waals surface area contributed by atoms with Crippen molar-refractivity contribution in [2.75, 3.05) is 0 Å². The molecule has 2 heterocycles. The van der Waals surface area contributed by atoms with Gasteiger partial charge in [0.2, 0.25) is 0 Å². The molecule has 0 radical (unpaired) electrons. The largest absolute Gasteiger partial charge is 0.456 e. The van der Waals surface area contributed by atoms with Crippen LogP contribution in [0.2, 0.25) is 0 Å². The van der Waals surface area contributed by atoms with Crippen molar-refractivity contribution in [2.24, 2.45) is 0 Å². The van der Waals surface area contributed by atoms with Gasteiger partial charge >= 0.3 is 0 Å². The minimum absolute atomic E-state index is 0.397. The molecule has 57 heavy (non-hydrogen) atoms. The highest BCUT2D eigenvalue weighted by molar-refractivity contribution is 6.13. The molecule has 0 bridgehead atoms. The number of aromatic nitrogens is 1. The predicted molar refractivity (Wildman–Crippen MR) is 235 cm³/mol. The monoisotopic (exact) mass is 723 g/mol. The molecular weight excluding hydrogens is 691 g/mol. The van der Waals surface area contributed by atoms with E-state index in [-0.39, 0.29) is 0 Å². The Kier molecular flexibility index (Phi) is 6.13. The average molecular weight is 724 g/mol. The SMILES string of the molecule is c1ccc(-c2cc(-c3ccc4c(c3)oc3ccccc34)cc(-n3c4ccccc4c4cc5c(cc43)-c3ccccc3C53c4ccccc4-c4ccccc43)c2)cc1. The first-order valence-corrected chi connectivity index (χ1v) is 19.8. The Bertz CT molecular complexity index is 3430. The van der Waals surface area contributed by atoms with Crippen LogP contribution in [0.5, 0.6) is 0 Å². The van der Waals surface area contributed by atoms with Crippen molar-refractivity contribution in [1.82, 2.24) is 4.57 Å². The van der Waals surface area contributed by atoms with E-state index in [9.17, 15) is 0 Å². The lowest BCUT2D eigenvalue weighted by atomic mass is 9.70. The molecule has 0 saturated heterocycles. The van der Waals surface area contributed by atoms with Gasteiger partial charge in [-0.1, -0.05) is 146 Å². The summed E-state index contributed by atoms with van der Waals surface area (Å²) in [6, 6.07) is 73.9. The molecular formula is C55H33NO. The van der Waals surface area contributed by atoms with Crippen LogP contribution in [0.4, 0.5) is 0 Å². The maximum absolute atomic E-state index is 6.40. The smallest absolute Gasteiger partial charge is 0.136 e. The molecule has 2 aromatic heterocycles. The molecule has 2 aliphatic rings. The van der Waals surface area contributed by atoms with Crippen LogP contribution < -0.4 is 0 Å². The van der Waals surface area contributed by atoms with Crippen molar-refractivity contribution in [1.29, 1.82) is 0 Å². The summed E-state index contributed by atoms with van der Waals surface area (Å²) >= 11 is 0. The minimum atomic E-state index is -0.397. The minimum Gasteiger partial charge on any atom is -0.456 e. The van der Waals surface area contributed by atoms with E-state index in [1.807, 2.05) is 12.1 Å². The van der Waals surface area contributed by atoms with Gasteiger partial charge in [0, 0.05) is 27.2 Å². The topological polar surface area (TPSA) is 18.1 Å². The molecule has 0 atom stereocenters. The fraction of sp³-hybridized carbons (Fsp3) is 0.0182. The lowest BCUT2D eigenvalue weighted by molar-refractivity contribution is 0.669. The zero-order chi connectivity index (χ0) is 37.2. The van der Waals surface area contributed by atoms with Crippen LogP contribution in [0.1, 0.15) is 22.3 Å². The van der Waals surface area contributed by atoms with Gasteiger partial charge < -0.3 is 8.98 Å². The third-order valence-electron chi connectivity index (χ3n) is 12.8. The van der Waals surface area contributed by atoms with Crippen molar-refractivity contribution in [3.8, 4) is 50.2 Å². The van der Waals surface area contributed by atoms with E-state index in [1.165, 1.54) is 77.4 Å². The second-order valence-corrected chi connectivity index (χ2v) is 15.6. The van der Waals surface area contributed by atoms with E-state index in [1.54, 1.807) is 0 Å². The van der Waals surface area contributed by atoms with Crippen LogP contribution in [0.3, 0.4) is 0 Å². The summed E-state index contributed by atoms with van der Waals surface area (Å²) in [5, 5.41) is 4.78. The molecule has 0 N–H and O–H groups in total. The zero-order valence-corrected chi connectivity index (χ0v) is 30.9. The first-order valence-electron chi connectivity index (χ1n) is 19.8. The quantitative estimate of drug-likeness (QED) is 0.177. The Balaban J connectivity index is 1.10. The highest BCUT2D eigenvalue weighted by Crippen LogP contribution is 2.63. The van der Waals surface area contributed by atoms with E-state index in [0.717, 1.165) is 38.8 Å². The molecule has 1 spiro atoms. The first-order chi connectivity index (χ1) is 28.3. The summed E-state index contributed by atoms with van der Waals surface area (Å²) in [5.41, 5.74) is 20.2. The summed E-state index contributed by atoms with van der Waals surface area (Å²) in [7, 11) is 0. The second kappa shape index (κ2) is 11.3. The molecule has 264 valence electrons. The zero-order valence-electron chi connectivity index (χ0n) is 30.9. The van der Waals surface area contributed by atoms with Gasteiger partial charge in [-0.25, -0.2) is 0 Å². The maximum atomic E-state index is 6.40. The Morgan fingerprint density at radius 2 is 0.895 bits per heavy atom. The maximum Gasteiger partial charge on any atom is 0.136 e. The van der Waals surface area contributed by atoms with Crippen LogP contribution >= 0.6 is 0 Å². The van der Waals surface area contributed by atoms with Crippen molar-refractivity contribution < 1.29 is 4.42 Å². The van der Waals surface area contributed by atoms with Gasteiger partial charge in [0.1, 0.15) is 11.2 Å². The molecule has 9 aromatic carbocycles. The predicted octanol–water partition coefficient (Wildman–Crippen LogP) is 14.4. The Hall–Kier alpha value is -7.42. The molecule has 0 fully saturated rings. The number of hydrogen-bond acceptors (Lipinski definition) is 1. The van der Waals surface area contributed by atoms with Gasteiger partial charge in [-0.05, 0) is 121 Å². The van der Waals surface area contributed by atoms with Crippen molar-refractivity contribution in [2.45, 2.75) is 5.41 Å². The summed E-state index contributed by atoms with van der Waals surface area (Å²) in [5.74, 6) is 0. The molecule has 0 amide bonds. The van der Waals surface area contributed by atoms with Crippen LogP contribution in [0.25, 0.3) is 93.9 Å². The Labute approximate surface area is 329 Å². The van der Waals surface area contributed by atoms with Crippen LogP contribution in [-0.4, -0.2) is 4.57 Å². The van der Waals surface area contributed by atoms with Crippen molar-refractivity contribution in [3.63, 3.8) is 0 Å². The Morgan fingerprint density at radius 1 is 0.316 bits per heavy atom. The third kappa shape index (κ3) is 4.09. The van der Waals surface area contributed by atoms with Gasteiger partial charge in [-0.2, -0.15) is 0 Å². The summed E-state index contributed by atoms with van der Waals surface area (Å²) < 4.78 is 8.89. The molecule has 0 aliphatic heterocycles. The van der Waals surface area contributed by atoms with E-state index >= 15 is 0 Å². The molecule has 0 saturated carbocycles. The van der Waals surface area contributed by atoms with Crippen LogP contribution in [-0.2, 0) is 5.41 Å². The fourth-order valence-corrected chi connectivity index (χ4v) is 10.4. The highest BCUT2D eigenvalue weighted by atomic mass is 16.3. The summed E-state index contributed by atoms with van der Waals surface area (Å²) in [6.07, 6.45) is 0. The number of nitrogens with zero attached hydrogens (tertiary/aromatic N) is 1. The lowest BCUT2D eigenvalue weighted by Crippen LogP contribution is -2.25. The van der Waals surface area contributed by atoms with E-state index in [0.29, 0.717) is 0 Å². The van der Waals surface area contributed by atoms with E-state index in [4.69, 9.17) is 4.42 Å². The summed E-state index contributed by atoms with van der Waals surface area (Å²) in [6.45, 7) is 0. The lowest BCUT2D eigenvalue weighted by Gasteiger charge is -2.30. The second-order valence-electron chi connectivity index (χ2n) is 15.6. The normalized spacial score (nSPS) is 13.4. The molecule has 2 nitrogen and oxygen atoms in total. The summed E-state index contributed by atoms with van der Waals surface area (Å²) in [4.78, 5) is 0. The van der Waals surface area contributed by atoms with Gasteiger partial charge in [0.25, 0.3) is 0 Å². The third-order valence-corrected chi connectivity index (χ3v) is 12.8.